The average Bonchev–Trinajstić information content (AvgIpc) is 2.05. The van der Waals surface area contributed by atoms with Crippen molar-refractivity contribution in [1.29, 1.82) is 0 Å². The van der Waals surface area contributed by atoms with Gasteiger partial charge in [-0.1, -0.05) is 19.4 Å². The number of carbonyl (C=O) groups is 1. The summed E-state index contributed by atoms with van der Waals surface area (Å²) < 4.78 is 4.88. The van der Waals surface area contributed by atoms with Crippen molar-refractivity contribution in [1.82, 2.24) is 0 Å². The van der Waals surface area contributed by atoms with Crippen molar-refractivity contribution in [2.24, 2.45) is 0 Å². The van der Waals surface area contributed by atoms with Crippen LogP contribution in [0, 0.1) is 6.42 Å². The molecule has 2 nitrogen and oxygen atoms in total. The van der Waals surface area contributed by atoms with Crippen molar-refractivity contribution in [2.75, 3.05) is 6.61 Å². The van der Waals surface area contributed by atoms with Gasteiger partial charge in [0.15, 0.2) is 0 Å². The lowest BCUT2D eigenvalue weighted by molar-refractivity contribution is -0.137. The molecule has 0 rings (SSSR count). The van der Waals surface area contributed by atoms with E-state index in [2.05, 4.69) is 13.3 Å². The zero-order valence-electron chi connectivity index (χ0n) is 7.88. The van der Waals surface area contributed by atoms with Crippen molar-refractivity contribution in [2.45, 2.75) is 33.1 Å². The molecule has 0 saturated carbocycles. The summed E-state index contributed by atoms with van der Waals surface area (Å²) in [6.45, 7) is 4.43. The van der Waals surface area contributed by atoms with E-state index in [4.69, 9.17) is 4.74 Å². The average molecular weight is 169 g/mol. The Morgan fingerprint density at radius 2 is 2.25 bits per heavy atom. The number of carbonyl (C=O) groups excluding carboxylic acids is 1. The van der Waals surface area contributed by atoms with Crippen LogP contribution in [0.3, 0.4) is 0 Å². The van der Waals surface area contributed by atoms with Gasteiger partial charge < -0.3 is 4.74 Å². The third kappa shape index (κ3) is 7.32. The molecule has 0 aromatic carbocycles. The lowest BCUT2D eigenvalue weighted by Gasteiger charge is -2.00. The summed E-state index contributed by atoms with van der Waals surface area (Å²) in [6, 6.07) is 0. The Labute approximate surface area is 74.6 Å². The Morgan fingerprint density at radius 3 is 2.83 bits per heavy atom. The Morgan fingerprint density at radius 1 is 1.50 bits per heavy atom. The van der Waals surface area contributed by atoms with Gasteiger partial charge in [0.2, 0.25) is 0 Å². The monoisotopic (exact) mass is 169 g/mol. The summed E-state index contributed by atoms with van der Waals surface area (Å²) >= 11 is 0. The first-order valence-corrected chi connectivity index (χ1v) is 4.42. The maximum Gasteiger partial charge on any atom is 0.330 e. The van der Waals surface area contributed by atoms with E-state index in [1.54, 1.807) is 13.0 Å². The Hall–Kier alpha value is -0.790. The van der Waals surface area contributed by atoms with Gasteiger partial charge in [-0.2, -0.15) is 0 Å². The molecule has 0 aromatic rings. The molecule has 0 aliphatic rings. The zero-order chi connectivity index (χ0) is 9.23. The first-order valence-electron chi connectivity index (χ1n) is 4.42. The molecule has 69 valence electrons. The van der Waals surface area contributed by atoms with Crippen molar-refractivity contribution in [3.05, 3.63) is 18.6 Å². The van der Waals surface area contributed by atoms with E-state index >= 15 is 0 Å². The van der Waals surface area contributed by atoms with Crippen LogP contribution >= 0.6 is 0 Å². The van der Waals surface area contributed by atoms with Crippen LogP contribution in [-0.4, -0.2) is 12.6 Å². The van der Waals surface area contributed by atoms with E-state index in [-0.39, 0.29) is 5.97 Å². The largest absolute Gasteiger partial charge is 0.463 e. The summed E-state index contributed by atoms with van der Waals surface area (Å²) in [5.74, 6) is -0.242. The second-order valence-electron chi connectivity index (χ2n) is 2.51. The predicted molar refractivity (Wildman–Crippen MR) is 49.6 cm³/mol. The summed E-state index contributed by atoms with van der Waals surface area (Å²) in [4.78, 5) is 10.8. The van der Waals surface area contributed by atoms with Gasteiger partial charge in [0, 0.05) is 6.08 Å². The summed E-state index contributed by atoms with van der Waals surface area (Å²) in [5, 5.41) is 0. The van der Waals surface area contributed by atoms with Gasteiger partial charge in [-0.3, -0.25) is 0 Å². The fourth-order valence-corrected chi connectivity index (χ4v) is 0.789. The van der Waals surface area contributed by atoms with Gasteiger partial charge in [-0.05, 0) is 26.2 Å². The van der Waals surface area contributed by atoms with Gasteiger partial charge in [0.1, 0.15) is 0 Å². The minimum Gasteiger partial charge on any atom is -0.463 e. The molecule has 0 saturated heterocycles. The molecule has 0 aromatic heterocycles. The molecule has 0 aliphatic carbocycles. The highest BCUT2D eigenvalue weighted by atomic mass is 16.5. The van der Waals surface area contributed by atoms with E-state index in [0.717, 1.165) is 19.3 Å². The topological polar surface area (TPSA) is 26.3 Å². The van der Waals surface area contributed by atoms with Crippen LogP contribution in [0.1, 0.15) is 33.1 Å². The minimum atomic E-state index is -0.242. The van der Waals surface area contributed by atoms with Crippen LogP contribution in [-0.2, 0) is 9.53 Å². The summed E-state index contributed by atoms with van der Waals surface area (Å²) in [6.07, 6.45) is 8.34. The van der Waals surface area contributed by atoms with Crippen molar-refractivity contribution < 1.29 is 9.53 Å². The quantitative estimate of drug-likeness (QED) is 0.347. The molecule has 0 fully saturated rings. The molecule has 0 unspecified atom stereocenters. The highest BCUT2D eigenvalue weighted by Gasteiger charge is 1.94. The van der Waals surface area contributed by atoms with Gasteiger partial charge in [0.25, 0.3) is 0 Å². The molecular formula is C10H17O2. The van der Waals surface area contributed by atoms with E-state index in [0.29, 0.717) is 6.61 Å². The number of esters is 1. The minimum absolute atomic E-state index is 0.242. The number of unbranched alkanes of at least 4 members (excludes halogenated alkanes) is 3. The van der Waals surface area contributed by atoms with Crippen LogP contribution in [0.15, 0.2) is 12.2 Å². The molecule has 0 amide bonds. The number of rotatable bonds is 6. The van der Waals surface area contributed by atoms with E-state index in [1.807, 2.05) is 0 Å². The number of allylic oxidation sites excluding steroid dienone is 1. The molecule has 0 N–H and O–H groups in total. The van der Waals surface area contributed by atoms with Crippen molar-refractivity contribution in [3.63, 3.8) is 0 Å². The van der Waals surface area contributed by atoms with Gasteiger partial charge in [0.05, 0.1) is 6.61 Å². The smallest absolute Gasteiger partial charge is 0.330 e. The molecule has 0 spiro atoms. The molecule has 2 heteroatoms. The summed E-state index contributed by atoms with van der Waals surface area (Å²) in [5.41, 5.74) is 0. The van der Waals surface area contributed by atoms with Crippen LogP contribution < -0.4 is 0 Å². The van der Waals surface area contributed by atoms with E-state index in [1.165, 1.54) is 6.08 Å². The first kappa shape index (κ1) is 11.2. The predicted octanol–water partition coefficient (Wildman–Crippen LogP) is 2.50. The van der Waals surface area contributed by atoms with Gasteiger partial charge >= 0.3 is 5.97 Å². The van der Waals surface area contributed by atoms with Crippen LogP contribution in [0.2, 0.25) is 0 Å². The Kier molecular flexibility index (Phi) is 7.76. The van der Waals surface area contributed by atoms with Crippen molar-refractivity contribution >= 4 is 5.97 Å². The van der Waals surface area contributed by atoms with Crippen LogP contribution in [0.5, 0.6) is 0 Å². The normalized spacial score (nSPS) is 10.5. The fraction of sp³-hybridized carbons (Fsp3) is 0.600. The molecular weight excluding hydrogens is 152 g/mol. The second-order valence-corrected chi connectivity index (χ2v) is 2.51. The standard InChI is InChI=1S/C10H17O2/c1-3-5-6-7-9-12-10(11)8-4-2/h4-5,8H,3,6-7,9H2,1-2H3. The SMILES string of the molecule is CC=CC(=O)OCCC[CH]CC. The highest BCUT2D eigenvalue weighted by molar-refractivity contribution is 5.81. The lowest BCUT2D eigenvalue weighted by Crippen LogP contribution is -2.01. The number of hydrogen-bond acceptors (Lipinski definition) is 2. The Bertz CT molecular complexity index is 139. The molecule has 1 radical (unpaired) electrons. The van der Waals surface area contributed by atoms with Gasteiger partial charge in [-0.25, -0.2) is 4.79 Å². The molecule has 0 bridgehead atoms. The number of hydrogen-bond donors (Lipinski definition) is 0. The van der Waals surface area contributed by atoms with E-state index < -0.39 is 0 Å². The molecule has 0 aliphatic heterocycles. The maximum absolute atomic E-state index is 10.8. The molecule has 0 heterocycles. The maximum atomic E-state index is 10.8. The fourth-order valence-electron chi connectivity index (χ4n) is 0.789. The van der Waals surface area contributed by atoms with Crippen LogP contribution in [0.4, 0.5) is 0 Å². The van der Waals surface area contributed by atoms with Gasteiger partial charge in [-0.15, -0.1) is 0 Å². The third-order valence-electron chi connectivity index (χ3n) is 1.39. The summed E-state index contributed by atoms with van der Waals surface area (Å²) in [7, 11) is 0. The zero-order valence-corrected chi connectivity index (χ0v) is 7.88. The first-order chi connectivity index (χ1) is 5.81. The van der Waals surface area contributed by atoms with Crippen molar-refractivity contribution in [3.8, 4) is 0 Å². The Balaban J connectivity index is 3.14. The molecule has 12 heavy (non-hydrogen) atoms. The molecule has 0 atom stereocenters. The number of ether oxygens (including phenoxy) is 1. The van der Waals surface area contributed by atoms with Crippen LogP contribution in [0.25, 0.3) is 0 Å². The third-order valence-corrected chi connectivity index (χ3v) is 1.39. The lowest BCUT2D eigenvalue weighted by atomic mass is 10.2. The highest BCUT2D eigenvalue weighted by Crippen LogP contribution is 1.97. The van der Waals surface area contributed by atoms with E-state index in [9.17, 15) is 4.79 Å². The second kappa shape index (κ2) is 8.31.